The number of alkyl halides is 3. The summed E-state index contributed by atoms with van der Waals surface area (Å²) in [6.07, 6.45) is -4.17. The van der Waals surface area contributed by atoms with Crippen LogP contribution in [0.15, 0.2) is 47.5 Å². The normalized spacial score (nSPS) is 11.4. The van der Waals surface area contributed by atoms with E-state index in [1.165, 1.54) is 24.5 Å². The van der Waals surface area contributed by atoms with Crippen LogP contribution >= 0.6 is 0 Å². The second kappa shape index (κ2) is 9.00. The molecule has 0 spiro atoms. The van der Waals surface area contributed by atoms with Crippen LogP contribution in [-0.4, -0.2) is 23.3 Å². The summed E-state index contributed by atoms with van der Waals surface area (Å²) < 4.78 is 39.9. The van der Waals surface area contributed by atoms with Crippen LogP contribution in [0.5, 0.6) is 0 Å². The lowest BCUT2D eigenvalue weighted by Crippen LogP contribution is -2.18. The number of nitrogens with two attached hydrogens (primary N) is 1. The van der Waals surface area contributed by atoms with E-state index >= 15 is 0 Å². The summed E-state index contributed by atoms with van der Waals surface area (Å²) in [4.78, 5) is 26.9. The Morgan fingerprint density at radius 3 is 2.57 bits per heavy atom. The molecule has 5 N–H and O–H groups in total. The van der Waals surface area contributed by atoms with Gasteiger partial charge in [0, 0.05) is 17.7 Å². The number of carbonyl (C=O) groups excluding carboxylic acids is 1. The zero-order chi connectivity index (χ0) is 20.7. The largest absolute Gasteiger partial charge is 0.481 e. The van der Waals surface area contributed by atoms with Crippen LogP contribution in [0.3, 0.4) is 0 Å². The standard InChI is InChI=1S/C18H17F3N4O3/c19-18(20,21)15-9-14(6-4-11(15)5-7-16(26)27)25-17(28)12-2-1-3-13(8-12)23-10-24-22/h1-4,6,8-10H,5,7,22H2,(H,23,24)(H,25,28)(H,26,27). The van der Waals surface area contributed by atoms with Crippen LogP contribution in [0.25, 0.3) is 0 Å². The van der Waals surface area contributed by atoms with Crippen molar-refractivity contribution in [3.63, 3.8) is 0 Å². The maximum atomic E-state index is 13.3. The lowest BCUT2D eigenvalue weighted by molar-refractivity contribution is -0.140. The number of aliphatic imine (C=N–C) groups is 1. The number of nitrogens with zero attached hydrogens (tertiary/aromatic N) is 1. The van der Waals surface area contributed by atoms with E-state index in [4.69, 9.17) is 10.9 Å². The van der Waals surface area contributed by atoms with E-state index in [1.54, 1.807) is 12.1 Å². The highest BCUT2D eigenvalue weighted by atomic mass is 19.4. The summed E-state index contributed by atoms with van der Waals surface area (Å²) in [6.45, 7) is 0. The van der Waals surface area contributed by atoms with Crippen molar-refractivity contribution in [2.45, 2.75) is 19.0 Å². The first kappa shape index (κ1) is 20.9. The molecule has 0 bridgehead atoms. The summed E-state index contributed by atoms with van der Waals surface area (Å²) >= 11 is 0. The number of halogens is 3. The Morgan fingerprint density at radius 1 is 1.18 bits per heavy atom. The van der Waals surface area contributed by atoms with E-state index < -0.39 is 30.0 Å². The highest BCUT2D eigenvalue weighted by Crippen LogP contribution is 2.34. The highest BCUT2D eigenvalue weighted by molar-refractivity contribution is 6.04. The lowest BCUT2D eigenvalue weighted by Gasteiger charge is -2.15. The number of hydrogen-bond donors (Lipinski definition) is 4. The number of nitrogens with one attached hydrogen (secondary N) is 2. The Labute approximate surface area is 158 Å². The maximum absolute atomic E-state index is 13.3. The summed E-state index contributed by atoms with van der Waals surface area (Å²) in [5.41, 5.74) is 1.62. The fraction of sp³-hybridized carbons (Fsp3) is 0.167. The van der Waals surface area contributed by atoms with Gasteiger partial charge < -0.3 is 15.8 Å². The minimum Gasteiger partial charge on any atom is -0.481 e. The number of benzene rings is 2. The molecule has 0 unspecified atom stereocenters. The minimum absolute atomic E-state index is 0.0612. The first-order valence-electron chi connectivity index (χ1n) is 8.02. The number of carboxylic acids is 1. The van der Waals surface area contributed by atoms with Crippen molar-refractivity contribution < 1.29 is 27.9 Å². The molecule has 2 aromatic carbocycles. The molecular weight excluding hydrogens is 377 g/mol. The Kier molecular flexibility index (Phi) is 6.72. The molecule has 28 heavy (non-hydrogen) atoms. The molecule has 1 amide bonds. The van der Waals surface area contributed by atoms with Crippen molar-refractivity contribution in [3.05, 3.63) is 59.2 Å². The molecule has 0 aliphatic carbocycles. The van der Waals surface area contributed by atoms with Gasteiger partial charge in [0.1, 0.15) is 6.34 Å². The number of carbonyl (C=O) groups is 2. The third kappa shape index (κ3) is 5.81. The van der Waals surface area contributed by atoms with Gasteiger partial charge in [-0.2, -0.15) is 13.2 Å². The van der Waals surface area contributed by atoms with Crippen molar-refractivity contribution in [1.82, 2.24) is 5.43 Å². The van der Waals surface area contributed by atoms with Gasteiger partial charge in [-0.15, -0.1) is 0 Å². The third-order valence-corrected chi connectivity index (χ3v) is 3.68. The molecule has 0 heterocycles. The number of hydrazine groups is 1. The van der Waals surface area contributed by atoms with Gasteiger partial charge in [-0.25, -0.2) is 10.8 Å². The van der Waals surface area contributed by atoms with Crippen LogP contribution in [0.4, 0.5) is 24.5 Å². The van der Waals surface area contributed by atoms with Crippen molar-refractivity contribution in [2.24, 2.45) is 10.8 Å². The van der Waals surface area contributed by atoms with Gasteiger partial charge in [-0.3, -0.25) is 9.59 Å². The van der Waals surface area contributed by atoms with E-state index in [0.29, 0.717) is 5.69 Å². The summed E-state index contributed by atoms with van der Waals surface area (Å²) in [5.74, 6) is 3.26. The SMILES string of the molecule is NNC=Nc1cccc(C(=O)Nc2ccc(CCC(=O)O)c(C(F)(F)F)c2)c1. The molecule has 7 nitrogen and oxygen atoms in total. The number of carboxylic acid groups (broad SMARTS) is 1. The van der Waals surface area contributed by atoms with Crippen molar-refractivity contribution in [3.8, 4) is 0 Å². The van der Waals surface area contributed by atoms with E-state index in [1.807, 2.05) is 0 Å². The predicted molar refractivity (Wildman–Crippen MR) is 97.3 cm³/mol. The van der Waals surface area contributed by atoms with E-state index in [2.05, 4.69) is 15.7 Å². The topological polar surface area (TPSA) is 117 Å². The highest BCUT2D eigenvalue weighted by Gasteiger charge is 2.33. The van der Waals surface area contributed by atoms with Crippen molar-refractivity contribution >= 4 is 29.6 Å². The van der Waals surface area contributed by atoms with Gasteiger partial charge in [0.2, 0.25) is 0 Å². The first-order valence-corrected chi connectivity index (χ1v) is 8.02. The Morgan fingerprint density at radius 2 is 1.93 bits per heavy atom. The molecule has 10 heteroatoms. The second-order valence-electron chi connectivity index (χ2n) is 5.69. The second-order valence-corrected chi connectivity index (χ2v) is 5.69. The minimum atomic E-state index is -4.68. The van der Waals surface area contributed by atoms with Gasteiger partial charge in [-0.1, -0.05) is 12.1 Å². The average Bonchev–Trinajstić information content (AvgIpc) is 2.64. The summed E-state index contributed by atoms with van der Waals surface area (Å²) in [7, 11) is 0. The van der Waals surface area contributed by atoms with Gasteiger partial charge in [0.25, 0.3) is 5.91 Å². The van der Waals surface area contributed by atoms with Gasteiger partial charge in [-0.05, 0) is 42.3 Å². The fourth-order valence-electron chi connectivity index (χ4n) is 2.42. The number of rotatable bonds is 7. The zero-order valence-electron chi connectivity index (χ0n) is 14.5. The number of hydrogen-bond acceptors (Lipinski definition) is 4. The Balaban J connectivity index is 2.25. The quantitative estimate of drug-likeness (QED) is 0.249. The molecule has 0 saturated carbocycles. The van der Waals surface area contributed by atoms with Crippen molar-refractivity contribution in [1.29, 1.82) is 0 Å². The zero-order valence-corrected chi connectivity index (χ0v) is 14.5. The number of aryl methyl sites for hydroxylation is 1. The summed E-state index contributed by atoms with van der Waals surface area (Å²) in [5, 5.41) is 11.1. The molecule has 0 fully saturated rings. The van der Waals surface area contributed by atoms with Crippen LogP contribution in [0.2, 0.25) is 0 Å². The van der Waals surface area contributed by atoms with Gasteiger partial charge >= 0.3 is 12.1 Å². The molecule has 2 aromatic rings. The lowest BCUT2D eigenvalue weighted by atomic mass is 10.0. The molecule has 0 aliphatic rings. The smallest absolute Gasteiger partial charge is 0.416 e. The van der Waals surface area contributed by atoms with Crippen LogP contribution in [0.1, 0.15) is 27.9 Å². The molecule has 0 radical (unpaired) electrons. The monoisotopic (exact) mass is 394 g/mol. The average molecular weight is 394 g/mol. The van der Waals surface area contributed by atoms with E-state index in [9.17, 15) is 22.8 Å². The van der Waals surface area contributed by atoms with Crippen LogP contribution in [0, 0.1) is 0 Å². The maximum Gasteiger partial charge on any atom is 0.416 e. The number of amides is 1. The van der Waals surface area contributed by atoms with E-state index in [-0.39, 0.29) is 23.2 Å². The first-order chi connectivity index (χ1) is 13.2. The van der Waals surface area contributed by atoms with Crippen LogP contribution < -0.4 is 16.6 Å². The van der Waals surface area contributed by atoms with Gasteiger partial charge in [0.05, 0.1) is 11.3 Å². The molecule has 2 rings (SSSR count). The Hall–Kier alpha value is -3.40. The fourth-order valence-corrected chi connectivity index (χ4v) is 2.42. The van der Waals surface area contributed by atoms with Gasteiger partial charge in [0.15, 0.2) is 0 Å². The predicted octanol–water partition coefficient (Wildman–Crippen LogP) is 3.10. The molecule has 0 saturated heterocycles. The number of anilines is 1. The molecule has 0 aromatic heterocycles. The molecule has 0 aliphatic heterocycles. The Bertz CT molecular complexity index is 898. The summed E-state index contributed by atoms with van der Waals surface area (Å²) in [6, 6.07) is 9.35. The van der Waals surface area contributed by atoms with Crippen LogP contribution in [-0.2, 0) is 17.4 Å². The van der Waals surface area contributed by atoms with Crippen molar-refractivity contribution in [2.75, 3.05) is 5.32 Å². The van der Waals surface area contributed by atoms with E-state index in [0.717, 1.165) is 12.1 Å². The molecular formula is C18H17F3N4O3. The molecule has 148 valence electrons. The molecule has 0 atom stereocenters. The number of aliphatic carboxylic acids is 1. The third-order valence-electron chi connectivity index (χ3n) is 3.68.